The van der Waals surface area contributed by atoms with Crippen LogP contribution >= 0.6 is 0 Å². The van der Waals surface area contributed by atoms with Crippen LogP contribution in [0.5, 0.6) is 0 Å². The number of benzene rings is 1. The summed E-state index contributed by atoms with van der Waals surface area (Å²) >= 11 is 0. The second kappa shape index (κ2) is 8.86. The Balaban J connectivity index is 1.41. The first-order chi connectivity index (χ1) is 16.1. The lowest BCUT2D eigenvalue weighted by Gasteiger charge is -2.16. The molecule has 0 atom stereocenters. The number of pyridine rings is 3. The number of nitrogens with zero attached hydrogens (tertiary/aromatic N) is 3. The van der Waals surface area contributed by atoms with Crippen LogP contribution < -0.4 is 16.1 Å². The van der Waals surface area contributed by atoms with Crippen LogP contribution in [0, 0.1) is 0 Å². The number of hydrogen-bond donors (Lipinski definition) is 2. The lowest BCUT2D eigenvalue weighted by molar-refractivity contribution is -0.115. The molecule has 2 N–H and O–H groups in total. The highest BCUT2D eigenvalue weighted by Gasteiger charge is 2.21. The standard InChI is InChI=1S/C26H25N5O2/c1-2-31-16-23(30-24(32)14-19-9-5-6-10-27-19)25(33)22-13-21(15-28-26(22)31)29-20-11-17-7-3-4-8-18(17)12-20/h3-10,13,15-16,20,29H,2,11-12,14H2,1H3,(H,30,32). The topological polar surface area (TPSA) is 88.9 Å². The first-order valence-electron chi connectivity index (χ1n) is 11.2. The second-order valence-corrected chi connectivity index (χ2v) is 8.32. The van der Waals surface area contributed by atoms with E-state index in [1.54, 1.807) is 30.7 Å². The molecule has 0 bridgehead atoms. The molecule has 1 amide bonds. The Hall–Kier alpha value is -4.00. The fourth-order valence-electron chi connectivity index (χ4n) is 4.44. The summed E-state index contributed by atoms with van der Waals surface area (Å²) in [6.07, 6.45) is 7.07. The molecule has 1 aromatic carbocycles. The number of amides is 1. The number of hydrogen-bond acceptors (Lipinski definition) is 5. The molecule has 3 aromatic heterocycles. The number of carbonyl (C=O) groups is 1. The van der Waals surface area contributed by atoms with E-state index in [-0.39, 0.29) is 29.5 Å². The van der Waals surface area contributed by atoms with Gasteiger partial charge in [-0.2, -0.15) is 0 Å². The zero-order chi connectivity index (χ0) is 22.8. The van der Waals surface area contributed by atoms with E-state index in [0.29, 0.717) is 23.3 Å². The molecule has 33 heavy (non-hydrogen) atoms. The van der Waals surface area contributed by atoms with Crippen molar-refractivity contribution in [1.82, 2.24) is 14.5 Å². The molecule has 0 spiro atoms. The van der Waals surface area contributed by atoms with Crippen molar-refractivity contribution in [3.63, 3.8) is 0 Å². The molecule has 4 aromatic rings. The minimum absolute atomic E-state index is 0.104. The average Bonchev–Trinajstić information content (AvgIpc) is 3.24. The normalized spacial score (nSPS) is 13.1. The van der Waals surface area contributed by atoms with Crippen molar-refractivity contribution in [2.24, 2.45) is 0 Å². The molecule has 0 fully saturated rings. The van der Waals surface area contributed by atoms with Gasteiger partial charge in [0.05, 0.1) is 23.7 Å². The molecule has 0 saturated heterocycles. The number of anilines is 2. The van der Waals surface area contributed by atoms with E-state index in [1.165, 1.54) is 11.1 Å². The SMILES string of the molecule is CCn1cc(NC(=O)Cc2ccccn2)c(=O)c2cc(NC3Cc4ccccc4C3)cnc21. The van der Waals surface area contributed by atoms with Crippen molar-refractivity contribution in [1.29, 1.82) is 0 Å². The number of rotatable bonds is 6. The molecular formula is C26H25N5O2. The van der Waals surface area contributed by atoms with E-state index in [2.05, 4.69) is 44.9 Å². The largest absolute Gasteiger partial charge is 0.380 e. The zero-order valence-corrected chi connectivity index (χ0v) is 18.4. The first kappa shape index (κ1) is 20.9. The Morgan fingerprint density at radius 2 is 1.85 bits per heavy atom. The minimum Gasteiger partial charge on any atom is -0.380 e. The monoisotopic (exact) mass is 439 g/mol. The van der Waals surface area contributed by atoms with E-state index in [9.17, 15) is 9.59 Å². The maximum absolute atomic E-state index is 13.2. The van der Waals surface area contributed by atoms with Crippen LogP contribution in [0.3, 0.4) is 0 Å². The van der Waals surface area contributed by atoms with E-state index >= 15 is 0 Å². The molecule has 1 aliphatic rings. The lowest BCUT2D eigenvalue weighted by atomic mass is 10.1. The maximum Gasteiger partial charge on any atom is 0.230 e. The van der Waals surface area contributed by atoms with Gasteiger partial charge in [-0.1, -0.05) is 30.3 Å². The summed E-state index contributed by atoms with van der Waals surface area (Å²) in [6.45, 7) is 2.60. The Kier molecular flexibility index (Phi) is 5.60. The van der Waals surface area contributed by atoms with Crippen LogP contribution in [0.1, 0.15) is 23.7 Å². The Morgan fingerprint density at radius 1 is 1.09 bits per heavy atom. The van der Waals surface area contributed by atoms with Gasteiger partial charge in [-0.25, -0.2) is 4.98 Å². The highest BCUT2D eigenvalue weighted by Crippen LogP contribution is 2.25. The lowest BCUT2D eigenvalue weighted by Crippen LogP contribution is -2.23. The van der Waals surface area contributed by atoms with Gasteiger partial charge in [0.15, 0.2) is 0 Å². The number of aryl methyl sites for hydroxylation is 1. The molecule has 3 heterocycles. The highest BCUT2D eigenvalue weighted by molar-refractivity contribution is 5.94. The molecule has 1 aliphatic carbocycles. The smallest absolute Gasteiger partial charge is 0.230 e. The number of nitrogens with one attached hydrogen (secondary N) is 2. The van der Waals surface area contributed by atoms with Crippen LogP contribution in [0.25, 0.3) is 11.0 Å². The summed E-state index contributed by atoms with van der Waals surface area (Å²) in [6, 6.07) is 16.0. The van der Waals surface area contributed by atoms with Gasteiger partial charge in [0.1, 0.15) is 11.3 Å². The van der Waals surface area contributed by atoms with Gasteiger partial charge in [-0.15, -0.1) is 0 Å². The van der Waals surface area contributed by atoms with Crippen molar-refractivity contribution >= 4 is 28.3 Å². The minimum atomic E-state index is -0.279. The van der Waals surface area contributed by atoms with Gasteiger partial charge in [-0.3, -0.25) is 14.6 Å². The quantitative estimate of drug-likeness (QED) is 0.479. The molecule has 0 saturated carbocycles. The summed E-state index contributed by atoms with van der Waals surface area (Å²) in [5.74, 6) is -0.279. The van der Waals surface area contributed by atoms with Crippen LogP contribution in [0.4, 0.5) is 11.4 Å². The third kappa shape index (κ3) is 4.35. The highest BCUT2D eigenvalue weighted by atomic mass is 16.2. The molecule has 0 unspecified atom stereocenters. The van der Waals surface area contributed by atoms with Crippen LogP contribution in [-0.2, 0) is 30.6 Å². The predicted molar refractivity (Wildman–Crippen MR) is 130 cm³/mol. The molecular weight excluding hydrogens is 414 g/mol. The summed E-state index contributed by atoms with van der Waals surface area (Å²) in [5, 5.41) is 6.78. The van der Waals surface area contributed by atoms with Crippen molar-refractivity contribution in [2.75, 3.05) is 10.6 Å². The third-order valence-corrected chi connectivity index (χ3v) is 6.02. The molecule has 7 heteroatoms. The van der Waals surface area contributed by atoms with Gasteiger partial charge < -0.3 is 15.2 Å². The number of aromatic nitrogens is 3. The van der Waals surface area contributed by atoms with E-state index in [1.807, 2.05) is 23.6 Å². The summed E-state index contributed by atoms with van der Waals surface area (Å²) in [4.78, 5) is 34.5. The third-order valence-electron chi connectivity index (χ3n) is 6.02. The summed E-state index contributed by atoms with van der Waals surface area (Å²) in [7, 11) is 0. The molecule has 5 rings (SSSR count). The van der Waals surface area contributed by atoms with Crippen LogP contribution in [0.2, 0.25) is 0 Å². The molecule has 0 radical (unpaired) electrons. The fourth-order valence-corrected chi connectivity index (χ4v) is 4.44. The first-order valence-corrected chi connectivity index (χ1v) is 11.2. The Labute approximate surface area is 191 Å². The number of carbonyl (C=O) groups excluding carboxylic acids is 1. The van der Waals surface area contributed by atoms with Gasteiger partial charge in [-0.05, 0) is 49.1 Å². The van der Waals surface area contributed by atoms with Crippen molar-refractivity contribution in [2.45, 2.75) is 38.8 Å². The molecule has 166 valence electrons. The average molecular weight is 440 g/mol. The van der Waals surface area contributed by atoms with Crippen molar-refractivity contribution < 1.29 is 4.79 Å². The summed E-state index contributed by atoms with van der Waals surface area (Å²) < 4.78 is 1.88. The molecule has 0 aliphatic heterocycles. The summed E-state index contributed by atoms with van der Waals surface area (Å²) in [5.41, 5.74) is 4.78. The second-order valence-electron chi connectivity index (χ2n) is 8.32. The molecule has 7 nitrogen and oxygen atoms in total. The van der Waals surface area contributed by atoms with Crippen LogP contribution in [-0.4, -0.2) is 26.5 Å². The van der Waals surface area contributed by atoms with E-state index in [4.69, 9.17) is 0 Å². The van der Waals surface area contributed by atoms with E-state index < -0.39 is 0 Å². The zero-order valence-electron chi connectivity index (χ0n) is 18.4. The van der Waals surface area contributed by atoms with Gasteiger partial charge >= 0.3 is 0 Å². The Bertz CT molecular complexity index is 1360. The predicted octanol–water partition coefficient (Wildman–Crippen LogP) is 3.57. The fraction of sp³-hybridized carbons (Fsp3) is 0.231. The van der Waals surface area contributed by atoms with Gasteiger partial charge in [0.25, 0.3) is 0 Å². The number of fused-ring (bicyclic) bond motifs is 2. The van der Waals surface area contributed by atoms with Gasteiger partial charge in [0.2, 0.25) is 11.3 Å². The Morgan fingerprint density at radius 3 is 2.55 bits per heavy atom. The van der Waals surface area contributed by atoms with Gasteiger partial charge in [0, 0.05) is 30.7 Å². The van der Waals surface area contributed by atoms with Crippen molar-refractivity contribution in [3.8, 4) is 0 Å². The maximum atomic E-state index is 13.2. The van der Waals surface area contributed by atoms with Crippen molar-refractivity contribution in [3.05, 3.63) is 94.2 Å². The van der Waals surface area contributed by atoms with E-state index in [0.717, 1.165) is 18.5 Å². The van der Waals surface area contributed by atoms with Crippen LogP contribution in [0.15, 0.2) is 71.9 Å².